The van der Waals surface area contributed by atoms with E-state index < -0.39 is 5.97 Å². The average Bonchev–Trinajstić information content (AvgIpc) is 3.04. The van der Waals surface area contributed by atoms with Crippen LogP contribution in [0.4, 0.5) is 5.82 Å². The van der Waals surface area contributed by atoms with Gasteiger partial charge in [-0.1, -0.05) is 21.6 Å². The predicted octanol–water partition coefficient (Wildman–Crippen LogP) is 1.42. The minimum Gasteiger partial charge on any atom is -0.481 e. The second-order valence-corrected chi connectivity index (χ2v) is 7.70. The zero-order valence-electron chi connectivity index (χ0n) is 12.7. The van der Waals surface area contributed by atoms with Crippen molar-refractivity contribution in [1.82, 2.24) is 15.3 Å². The molecule has 1 aliphatic rings. The van der Waals surface area contributed by atoms with E-state index in [4.69, 9.17) is 5.11 Å². The van der Waals surface area contributed by atoms with Crippen molar-refractivity contribution in [3.05, 3.63) is 18.6 Å². The number of aliphatic carboxylic acids is 1. The topological polar surface area (TPSA) is 95.4 Å². The van der Waals surface area contributed by atoms with Crippen molar-refractivity contribution in [2.24, 2.45) is 0 Å². The highest BCUT2D eigenvalue weighted by atomic mass is 33.1. The number of nitrogens with zero attached hydrogens (tertiary/aromatic N) is 3. The van der Waals surface area contributed by atoms with Gasteiger partial charge in [-0.2, -0.15) is 0 Å². The first-order valence-electron chi connectivity index (χ1n) is 7.45. The Morgan fingerprint density at radius 3 is 2.91 bits per heavy atom. The summed E-state index contributed by atoms with van der Waals surface area (Å²) in [6.45, 7) is 1.39. The maximum atomic E-state index is 12.3. The van der Waals surface area contributed by atoms with E-state index in [0.717, 1.165) is 31.0 Å². The Kier molecular flexibility index (Phi) is 7.47. The number of nitrogens with one attached hydrogen (secondary N) is 1. The maximum Gasteiger partial charge on any atom is 0.304 e. The third-order valence-corrected chi connectivity index (χ3v) is 5.77. The number of carboxylic acid groups (broad SMARTS) is 1. The fourth-order valence-corrected chi connectivity index (χ4v) is 4.22. The van der Waals surface area contributed by atoms with Crippen LogP contribution in [0.2, 0.25) is 0 Å². The van der Waals surface area contributed by atoms with E-state index in [1.54, 1.807) is 29.4 Å². The second-order valence-electron chi connectivity index (χ2n) is 4.99. The molecule has 1 saturated heterocycles. The molecule has 9 heteroatoms. The monoisotopic (exact) mass is 356 g/mol. The number of amides is 1. The molecule has 1 atom stereocenters. The van der Waals surface area contributed by atoms with Crippen molar-refractivity contribution in [3.8, 4) is 0 Å². The van der Waals surface area contributed by atoms with Crippen molar-refractivity contribution < 1.29 is 14.7 Å². The largest absolute Gasteiger partial charge is 0.481 e. The molecule has 0 bridgehead atoms. The highest BCUT2D eigenvalue weighted by molar-refractivity contribution is 8.76. The summed E-state index contributed by atoms with van der Waals surface area (Å²) in [6.07, 6.45) is 6.89. The number of hydrogen-bond donors (Lipinski definition) is 2. The SMILES string of the molecule is O=C(O)CCSSCCNC(=O)C1CCCN1c1cnccn1. The lowest BCUT2D eigenvalue weighted by Crippen LogP contribution is -2.44. The predicted molar refractivity (Wildman–Crippen MR) is 92.6 cm³/mol. The van der Waals surface area contributed by atoms with Crippen LogP contribution in [-0.4, -0.2) is 57.6 Å². The molecule has 0 radical (unpaired) electrons. The van der Waals surface area contributed by atoms with Crippen molar-refractivity contribution >= 4 is 39.3 Å². The van der Waals surface area contributed by atoms with Crippen LogP contribution in [0.3, 0.4) is 0 Å². The van der Waals surface area contributed by atoms with E-state index in [1.807, 2.05) is 4.90 Å². The molecule has 1 fully saturated rings. The fourth-order valence-electron chi connectivity index (χ4n) is 2.33. The molecule has 0 aliphatic carbocycles. The third kappa shape index (κ3) is 5.91. The van der Waals surface area contributed by atoms with Crippen LogP contribution in [0, 0.1) is 0 Å². The van der Waals surface area contributed by atoms with Crippen molar-refractivity contribution in [1.29, 1.82) is 0 Å². The smallest absolute Gasteiger partial charge is 0.304 e. The number of hydrogen-bond acceptors (Lipinski definition) is 7. The third-order valence-electron chi connectivity index (χ3n) is 3.37. The molecule has 0 spiro atoms. The molecule has 2 N–H and O–H groups in total. The van der Waals surface area contributed by atoms with E-state index in [1.165, 1.54) is 10.8 Å². The summed E-state index contributed by atoms with van der Waals surface area (Å²) in [5.74, 6) is 1.31. The van der Waals surface area contributed by atoms with Gasteiger partial charge in [0.05, 0.1) is 12.6 Å². The van der Waals surface area contributed by atoms with Gasteiger partial charge in [0.1, 0.15) is 11.9 Å². The highest BCUT2D eigenvalue weighted by Gasteiger charge is 2.31. The molecule has 1 aliphatic heterocycles. The standard InChI is InChI=1S/C14H20N4O3S2/c19-13(20)3-8-22-23-9-6-17-14(21)11-2-1-7-18(11)12-10-15-4-5-16-12/h4-5,10-11H,1-3,6-9H2,(H,17,21)(H,19,20). The van der Waals surface area contributed by atoms with Gasteiger partial charge in [0.2, 0.25) is 5.91 Å². The number of anilines is 1. The molecular formula is C14H20N4O3S2. The van der Waals surface area contributed by atoms with Crippen molar-refractivity contribution in [2.45, 2.75) is 25.3 Å². The molecule has 126 valence electrons. The Morgan fingerprint density at radius 1 is 1.35 bits per heavy atom. The Hall–Kier alpha value is -1.48. The molecule has 1 amide bonds. The first-order valence-corrected chi connectivity index (χ1v) is 9.94. The summed E-state index contributed by atoms with van der Waals surface area (Å²) in [6, 6.07) is -0.184. The zero-order chi connectivity index (χ0) is 16.5. The Labute approximate surface area is 143 Å². The molecule has 2 heterocycles. The Balaban J connectivity index is 1.68. The van der Waals surface area contributed by atoms with Crippen LogP contribution in [0.5, 0.6) is 0 Å². The molecule has 0 aromatic carbocycles. The number of carbonyl (C=O) groups excluding carboxylic acids is 1. The van der Waals surface area contributed by atoms with Crippen LogP contribution < -0.4 is 10.2 Å². The first kappa shape index (κ1) is 17.9. The van der Waals surface area contributed by atoms with Gasteiger partial charge >= 0.3 is 5.97 Å². The molecule has 1 aromatic rings. The summed E-state index contributed by atoms with van der Waals surface area (Å²) in [5.41, 5.74) is 0. The summed E-state index contributed by atoms with van der Waals surface area (Å²) in [4.78, 5) is 33.0. The summed E-state index contributed by atoms with van der Waals surface area (Å²) < 4.78 is 0. The summed E-state index contributed by atoms with van der Waals surface area (Å²) in [5, 5.41) is 11.5. The van der Waals surface area contributed by atoms with Gasteiger partial charge in [0, 0.05) is 37.0 Å². The lowest BCUT2D eigenvalue weighted by molar-refractivity contribution is -0.136. The molecule has 1 aromatic heterocycles. The second kappa shape index (κ2) is 9.61. The fraction of sp³-hybridized carbons (Fsp3) is 0.571. The van der Waals surface area contributed by atoms with Crippen LogP contribution in [0.1, 0.15) is 19.3 Å². The van der Waals surface area contributed by atoms with Crippen LogP contribution >= 0.6 is 21.6 Å². The van der Waals surface area contributed by atoms with Gasteiger partial charge in [-0.3, -0.25) is 14.6 Å². The van der Waals surface area contributed by atoms with E-state index in [0.29, 0.717) is 12.3 Å². The lowest BCUT2D eigenvalue weighted by Gasteiger charge is -2.24. The summed E-state index contributed by atoms with van der Waals surface area (Å²) >= 11 is 0. The van der Waals surface area contributed by atoms with Gasteiger partial charge in [-0.05, 0) is 12.8 Å². The van der Waals surface area contributed by atoms with E-state index >= 15 is 0 Å². The quantitative estimate of drug-likeness (QED) is 0.507. The minimum absolute atomic E-state index is 0.0179. The minimum atomic E-state index is -0.781. The van der Waals surface area contributed by atoms with Gasteiger partial charge in [-0.15, -0.1) is 0 Å². The van der Waals surface area contributed by atoms with E-state index in [-0.39, 0.29) is 18.4 Å². The van der Waals surface area contributed by atoms with Crippen LogP contribution in [0.15, 0.2) is 18.6 Å². The normalized spacial score (nSPS) is 17.2. The first-order chi connectivity index (χ1) is 11.2. The number of aromatic nitrogens is 2. The Morgan fingerprint density at radius 2 is 2.17 bits per heavy atom. The van der Waals surface area contributed by atoms with Gasteiger partial charge < -0.3 is 15.3 Å². The highest BCUT2D eigenvalue weighted by Crippen LogP contribution is 2.23. The number of carboxylic acids is 1. The van der Waals surface area contributed by atoms with E-state index in [2.05, 4.69) is 15.3 Å². The van der Waals surface area contributed by atoms with Gasteiger partial charge in [0.15, 0.2) is 0 Å². The average molecular weight is 356 g/mol. The molecule has 23 heavy (non-hydrogen) atoms. The number of carbonyl (C=O) groups is 2. The van der Waals surface area contributed by atoms with Gasteiger partial charge in [-0.25, -0.2) is 4.98 Å². The lowest BCUT2D eigenvalue weighted by atomic mass is 10.2. The molecule has 1 unspecified atom stereocenters. The summed E-state index contributed by atoms with van der Waals surface area (Å²) in [7, 11) is 3.10. The van der Waals surface area contributed by atoms with E-state index in [9.17, 15) is 9.59 Å². The molecule has 7 nitrogen and oxygen atoms in total. The zero-order valence-corrected chi connectivity index (χ0v) is 14.3. The molecular weight excluding hydrogens is 336 g/mol. The van der Waals surface area contributed by atoms with Crippen LogP contribution in [-0.2, 0) is 9.59 Å². The number of rotatable bonds is 9. The van der Waals surface area contributed by atoms with Gasteiger partial charge in [0.25, 0.3) is 0 Å². The van der Waals surface area contributed by atoms with Crippen molar-refractivity contribution in [2.75, 3.05) is 29.5 Å². The Bertz CT molecular complexity index is 518. The molecule has 0 saturated carbocycles. The maximum absolute atomic E-state index is 12.3. The van der Waals surface area contributed by atoms with Crippen molar-refractivity contribution in [3.63, 3.8) is 0 Å². The van der Waals surface area contributed by atoms with Crippen LogP contribution in [0.25, 0.3) is 0 Å². The molecule has 2 rings (SSSR count).